The van der Waals surface area contributed by atoms with E-state index in [9.17, 15) is 0 Å². The van der Waals surface area contributed by atoms with Gasteiger partial charge in [-0.1, -0.05) is 48.5 Å². The van der Waals surface area contributed by atoms with Gasteiger partial charge in [0.15, 0.2) is 0 Å². The third kappa shape index (κ3) is 6.37. The van der Waals surface area contributed by atoms with Gasteiger partial charge in [-0.15, -0.1) is 0 Å². The molecule has 0 radical (unpaired) electrons. The average Bonchev–Trinajstić information content (AvgIpc) is 2.71. The SMILES string of the molecule is CCOc1cccc(CNc2cccc(OCCCc3ccccc3)c2)c1. The minimum Gasteiger partial charge on any atom is -0.494 e. The number of hydrogen-bond donors (Lipinski definition) is 1. The van der Waals surface area contributed by atoms with Gasteiger partial charge in [-0.2, -0.15) is 0 Å². The first-order valence-corrected chi connectivity index (χ1v) is 9.56. The van der Waals surface area contributed by atoms with E-state index in [1.807, 2.05) is 37.3 Å². The average molecular weight is 361 g/mol. The van der Waals surface area contributed by atoms with Crippen molar-refractivity contribution in [2.45, 2.75) is 26.3 Å². The Hall–Kier alpha value is -2.94. The van der Waals surface area contributed by atoms with Crippen LogP contribution in [0.4, 0.5) is 5.69 Å². The molecule has 3 aromatic rings. The van der Waals surface area contributed by atoms with Gasteiger partial charge >= 0.3 is 0 Å². The fourth-order valence-electron chi connectivity index (χ4n) is 2.92. The zero-order chi connectivity index (χ0) is 18.7. The maximum atomic E-state index is 5.91. The normalized spacial score (nSPS) is 10.4. The monoisotopic (exact) mass is 361 g/mol. The summed E-state index contributed by atoms with van der Waals surface area (Å²) in [5.74, 6) is 1.81. The van der Waals surface area contributed by atoms with Crippen LogP contribution in [-0.2, 0) is 13.0 Å². The van der Waals surface area contributed by atoms with Crippen LogP contribution in [0, 0.1) is 0 Å². The summed E-state index contributed by atoms with van der Waals surface area (Å²) < 4.78 is 11.5. The first kappa shape index (κ1) is 18.8. The number of aryl methyl sites for hydroxylation is 1. The molecule has 0 unspecified atom stereocenters. The largest absolute Gasteiger partial charge is 0.494 e. The van der Waals surface area contributed by atoms with Crippen LogP contribution in [0.5, 0.6) is 11.5 Å². The lowest BCUT2D eigenvalue weighted by Gasteiger charge is -2.11. The highest BCUT2D eigenvalue weighted by molar-refractivity contribution is 5.48. The predicted octanol–water partition coefficient (Wildman–Crippen LogP) is 5.71. The van der Waals surface area contributed by atoms with Gasteiger partial charge in [0.05, 0.1) is 13.2 Å². The van der Waals surface area contributed by atoms with Crippen LogP contribution in [0.25, 0.3) is 0 Å². The number of anilines is 1. The van der Waals surface area contributed by atoms with Gasteiger partial charge in [0.1, 0.15) is 11.5 Å². The lowest BCUT2D eigenvalue weighted by atomic mass is 10.1. The molecule has 1 N–H and O–H groups in total. The van der Waals surface area contributed by atoms with Crippen LogP contribution in [-0.4, -0.2) is 13.2 Å². The van der Waals surface area contributed by atoms with Crippen molar-refractivity contribution in [1.82, 2.24) is 0 Å². The molecule has 0 aliphatic heterocycles. The minimum atomic E-state index is 0.681. The summed E-state index contributed by atoms with van der Waals surface area (Å²) in [7, 11) is 0. The molecule has 0 aliphatic carbocycles. The smallest absolute Gasteiger partial charge is 0.121 e. The summed E-state index contributed by atoms with van der Waals surface area (Å²) in [6.07, 6.45) is 2.04. The van der Waals surface area contributed by atoms with Crippen LogP contribution in [0.3, 0.4) is 0 Å². The van der Waals surface area contributed by atoms with E-state index < -0.39 is 0 Å². The van der Waals surface area contributed by atoms with E-state index in [-0.39, 0.29) is 0 Å². The van der Waals surface area contributed by atoms with Crippen molar-refractivity contribution in [3.63, 3.8) is 0 Å². The van der Waals surface area contributed by atoms with Gasteiger partial charge in [-0.3, -0.25) is 0 Å². The molecule has 3 rings (SSSR count). The summed E-state index contributed by atoms with van der Waals surface area (Å²) in [5.41, 5.74) is 3.60. The fourth-order valence-corrected chi connectivity index (χ4v) is 2.92. The van der Waals surface area contributed by atoms with E-state index in [1.165, 1.54) is 11.1 Å². The molecule has 0 amide bonds. The fraction of sp³-hybridized carbons (Fsp3) is 0.250. The Kier molecular flexibility index (Phi) is 7.16. The molecule has 140 valence electrons. The number of benzene rings is 3. The molecule has 0 saturated carbocycles. The van der Waals surface area contributed by atoms with Crippen LogP contribution in [0.1, 0.15) is 24.5 Å². The summed E-state index contributed by atoms with van der Waals surface area (Å²) in [6, 6.07) is 26.8. The molecule has 0 aliphatic rings. The summed E-state index contributed by atoms with van der Waals surface area (Å²) in [4.78, 5) is 0. The zero-order valence-electron chi connectivity index (χ0n) is 15.9. The molecule has 0 saturated heterocycles. The third-order valence-corrected chi connectivity index (χ3v) is 4.26. The van der Waals surface area contributed by atoms with Crippen molar-refractivity contribution in [2.75, 3.05) is 18.5 Å². The maximum absolute atomic E-state index is 5.91. The first-order chi connectivity index (χ1) is 13.3. The first-order valence-electron chi connectivity index (χ1n) is 9.56. The molecule has 0 bridgehead atoms. The van der Waals surface area contributed by atoms with E-state index in [2.05, 4.69) is 53.8 Å². The van der Waals surface area contributed by atoms with Crippen molar-refractivity contribution in [3.8, 4) is 11.5 Å². The second-order valence-electron chi connectivity index (χ2n) is 6.40. The Bertz CT molecular complexity index is 817. The van der Waals surface area contributed by atoms with Crippen molar-refractivity contribution in [3.05, 3.63) is 90.0 Å². The van der Waals surface area contributed by atoms with E-state index in [0.717, 1.165) is 43.2 Å². The molecule has 3 nitrogen and oxygen atoms in total. The van der Waals surface area contributed by atoms with Gasteiger partial charge in [-0.25, -0.2) is 0 Å². The van der Waals surface area contributed by atoms with Crippen LogP contribution in [0.15, 0.2) is 78.9 Å². The van der Waals surface area contributed by atoms with Crippen molar-refractivity contribution < 1.29 is 9.47 Å². The van der Waals surface area contributed by atoms with Crippen LogP contribution >= 0.6 is 0 Å². The minimum absolute atomic E-state index is 0.681. The zero-order valence-corrected chi connectivity index (χ0v) is 15.9. The number of ether oxygens (including phenoxy) is 2. The molecule has 0 heterocycles. The van der Waals surface area contributed by atoms with Crippen molar-refractivity contribution in [1.29, 1.82) is 0 Å². The summed E-state index contributed by atoms with van der Waals surface area (Å²) >= 11 is 0. The quantitative estimate of drug-likeness (QED) is 0.469. The Balaban J connectivity index is 1.46. The van der Waals surface area contributed by atoms with Gasteiger partial charge in [0.25, 0.3) is 0 Å². The van der Waals surface area contributed by atoms with E-state index in [1.54, 1.807) is 0 Å². The maximum Gasteiger partial charge on any atom is 0.121 e. The highest BCUT2D eigenvalue weighted by atomic mass is 16.5. The predicted molar refractivity (Wildman–Crippen MR) is 112 cm³/mol. The molecule has 27 heavy (non-hydrogen) atoms. The van der Waals surface area contributed by atoms with E-state index >= 15 is 0 Å². The topological polar surface area (TPSA) is 30.5 Å². The van der Waals surface area contributed by atoms with Gasteiger partial charge in [-0.05, 0) is 55.2 Å². The van der Waals surface area contributed by atoms with Crippen molar-refractivity contribution in [2.24, 2.45) is 0 Å². The third-order valence-electron chi connectivity index (χ3n) is 4.26. The van der Waals surface area contributed by atoms with E-state index in [0.29, 0.717) is 6.61 Å². The molecule has 3 aromatic carbocycles. The molecule has 3 heteroatoms. The summed E-state index contributed by atoms with van der Waals surface area (Å²) in [6.45, 7) is 4.14. The van der Waals surface area contributed by atoms with Gasteiger partial charge in [0.2, 0.25) is 0 Å². The second-order valence-corrected chi connectivity index (χ2v) is 6.40. The number of rotatable bonds is 10. The van der Waals surface area contributed by atoms with Gasteiger partial charge < -0.3 is 14.8 Å². The van der Waals surface area contributed by atoms with Crippen molar-refractivity contribution >= 4 is 5.69 Å². The lowest BCUT2D eigenvalue weighted by Crippen LogP contribution is -2.02. The van der Waals surface area contributed by atoms with Crippen LogP contribution in [0.2, 0.25) is 0 Å². The van der Waals surface area contributed by atoms with E-state index in [4.69, 9.17) is 9.47 Å². The molecular formula is C24H27NO2. The summed E-state index contributed by atoms with van der Waals surface area (Å²) in [5, 5.41) is 3.45. The molecule has 0 spiro atoms. The Morgan fingerprint density at radius 3 is 2.30 bits per heavy atom. The Morgan fingerprint density at radius 1 is 0.741 bits per heavy atom. The molecule has 0 atom stereocenters. The standard InChI is InChI=1S/C24H27NO2/c1-2-26-23-14-6-11-21(17-23)19-25-22-13-7-15-24(18-22)27-16-8-12-20-9-4-3-5-10-20/h3-7,9-11,13-15,17-18,25H,2,8,12,16,19H2,1H3. The number of hydrogen-bond acceptors (Lipinski definition) is 3. The Morgan fingerprint density at radius 2 is 1.48 bits per heavy atom. The molecular weight excluding hydrogens is 334 g/mol. The van der Waals surface area contributed by atoms with Crippen LogP contribution < -0.4 is 14.8 Å². The lowest BCUT2D eigenvalue weighted by molar-refractivity contribution is 0.311. The highest BCUT2D eigenvalue weighted by Gasteiger charge is 2.00. The molecule has 0 aromatic heterocycles. The van der Waals surface area contributed by atoms with Gasteiger partial charge in [0, 0.05) is 18.3 Å². The highest BCUT2D eigenvalue weighted by Crippen LogP contribution is 2.20. The Labute approximate surface area is 162 Å². The second kappa shape index (κ2) is 10.3. The molecule has 0 fully saturated rings. The number of nitrogens with one attached hydrogen (secondary N) is 1.